The van der Waals surface area contributed by atoms with Crippen LogP contribution in [0.1, 0.15) is 34.7 Å². The fourth-order valence-electron chi connectivity index (χ4n) is 3.02. The van der Waals surface area contributed by atoms with Crippen molar-refractivity contribution in [3.05, 3.63) is 81.6 Å². The van der Waals surface area contributed by atoms with E-state index in [1.54, 1.807) is 30.3 Å². The standard InChI is InChI=1S/C23H23BrClN5O2S/c1-4-11-30-21(15(3)26-22(32)16-5-7-17(25)8-6-16)28-29-23(30)33-13-20(31)27-18-9-10-19(24)14(2)12-18/h4-10,12,15H,1,11,13H2,2-3H3,(H,26,32)(H,27,31)/t15-/m0/s1. The summed E-state index contributed by atoms with van der Waals surface area (Å²) in [6.07, 6.45) is 1.72. The van der Waals surface area contributed by atoms with Crippen LogP contribution in [-0.2, 0) is 11.3 Å². The van der Waals surface area contributed by atoms with Crippen molar-refractivity contribution in [2.45, 2.75) is 31.6 Å². The Morgan fingerprint density at radius 1 is 1.24 bits per heavy atom. The minimum absolute atomic E-state index is 0.152. The zero-order valence-corrected chi connectivity index (χ0v) is 21.3. The molecule has 33 heavy (non-hydrogen) atoms. The van der Waals surface area contributed by atoms with Gasteiger partial charge in [0.2, 0.25) is 5.91 Å². The molecule has 172 valence electrons. The first kappa shape index (κ1) is 25.0. The van der Waals surface area contributed by atoms with E-state index in [0.717, 1.165) is 15.7 Å². The second kappa shape index (κ2) is 11.5. The van der Waals surface area contributed by atoms with Crippen molar-refractivity contribution in [1.82, 2.24) is 20.1 Å². The van der Waals surface area contributed by atoms with E-state index in [9.17, 15) is 9.59 Å². The SMILES string of the molecule is C=CCn1c(SCC(=O)Nc2ccc(Br)c(C)c2)nnc1[C@H](C)NC(=O)c1ccc(Cl)cc1. The lowest BCUT2D eigenvalue weighted by Crippen LogP contribution is -2.28. The zero-order chi connectivity index (χ0) is 24.0. The Bertz CT molecular complexity index is 1170. The number of nitrogens with zero attached hydrogens (tertiary/aromatic N) is 3. The van der Waals surface area contributed by atoms with Crippen LogP contribution in [-0.4, -0.2) is 32.3 Å². The predicted molar refractivity (Wildman–Crippen MR) is 136 cm³/mol. The Labute approximate surface area is 210 Å². The van der Waals surface area contributed by atoms with Crippen LogP contribution in [0.2, 0.25) is 5.02 Å². The third-order valence-electron chi connectivity index (χ3n) is 4.67. The summed E-state index contributed by atoms with van der Waals surface area (Å²) in [5.41, 5.74) is 2.26. The number of hydrogen-bond acceptors (Lipinski definition) is 5. The van der Waals surface area contributed by atoms with Crippen LogP contribution < -0.4 is 10.6 Å². The lowest BCUT2D eigenvalue weighted by molar-refractivity contribution is -0.113. The molecule has 10 heteroatoms. The van der Waals surface area contributed by atoms with E-state index < -0.39 is 6.04 Å². The number of anilines is 1. The van der Waals surface area contributed by atoms with Gasteiger partial charge in [0.15, 0.2) is 11.0 Å². The largest absolute Gasteiger partial charge is 0.342 e. The fourth-order valence-corrected chi connectivity index (χ4v) is 4.15. The number of benzene rings is 2. The monoisotopic (exact) mass is 547 g/mol. The first-order chi connectivity index (χ1) is 15.8. The first-order valence-corrected chi connectivity index (χ1v) is 12.2. The Balaban J connectivity index is 1.65. The molecule has 0 saturated carbocycles. The highest BCUT2D eigenvalue weighted by Crippen LogP contribution is 2.23. The number of nitrogens with one attached hydrogen (secondary N) is 2. The number of aromatic nitrogens is 3. The average molecular weight is 549 g/mol. The molecule has 2 aromatic carbocycles. The van der Waals surface area contributed by atoms with Gasteiger partial charge in [-0.3, -0.25) is 9.59 Å². The topological polar surface area (TPSA) is 88.9 Å². The summed E-state index contributed by atoms with van der Waals surface area (Å²) in [6.45, 7) is 8.02. The number of hydrogen-bond donors (Lipinski definition) is 2. The molecule has 0 saturated heterocycles. The molecule has 0 radical (unpaired) electrons. The van der Waals surface area contributed by atoms with Crippen LogP contribution in [0.25, 0.3) is 0 Å². The highest BCUT2D eigenvalue weighted by Gasteiger charge is 2.20. The molecule has 3 rings (SSSR count). The van der Waals surface area contributed by atoms with Crippen LogP contribution in [0.5, 0.6) is 0 Å². The van der Waals surface area contributed by atoms with Gasteiger partial charge in [-0.25, -0.2) is 0 Å². The summed E-state index contributed by atoms with van der Waals surface area (Å²) in [5.74, 6) is 0.338. The highest BCUT2D eigenvalue weighted by atomic mass is 79.9. The predicted octanol–water partition coefficient (Wildman–Crippen LogP) is 5.41. The molecular weight excluding hydrogens is 526 g/mol. The molecule has 3 aromatic rings. The number of carbonyl (C=O) groups is 2. The minimum atomic E-state index is -0.408. The van der Waals surface area contributed by atoms with Crippen LogP contribution >= 0.6 is 39.3 Å². The first-order valence-electron chi connectivity index (χ1n) is 10.1. The second-order valence-electron chi connectivity index (χ2n) is 7.24. The summed E-state index contributed by atoms with van der Waals surface area (Å²) in [5, 5.41) is 15.4. The molecule has 0 aliphatic rings. The summed E-state index contributed by atoms with van der Waals surface area (Å²) >= 11 is 10.6. The minimum Gasteiger partial charge on any atom is -0.342 e. The van der Waals surface area contributed by atoms with E-state index in [1.807, 2.05) is 36.6 Å². The van der Waals surface area contributed by atoms with Gasteiger partial charge in [0, 0.05) is 27.3 Å². The van der Waals surface area contributed by atoms with Crippen LogP contribution in [0, 0.1) is 6.92 Å². The van der Waals surface area contributed by atoms with Gasteiger partial charge in [-0.15, -0.1) is 16.8 Å². The van der Waals surface area contributed by atoms with Crippen molar-refractivity contribution in [1.29, 1.82) is 0 Å². The van der Waals surface area contributed by atoms with E-state index >= 15 is 0 Å². The number of aryl methyl sites for hydroxylation is 1. The molecule has 2 N–H and O–H groups in total. The van der Waals surface area contributed by atoms with E-state index in [0.29, 0.717) is 28.1 Å². The summed E-state index contributed by atoms with van der Waals surface area (Å²) < 4.78 is 2.82. The van der Waals surface area contributed by atoms with Gasteiger partial charge in [-0.05, 0) is 61.9 Å². The Kier molecular flexibility index (Phi) is 8.71. The van der Waals surface area contributed by atoms with Crippen LogP contribution in [0.3, 0.4) is 0 Å². The van der Waals surface area contributed by atoms with Gasteiger partial charge in [0.05, 0.1) is 11.8 Å². The Hall–Kier alpha value is -2.62. The third-order valence-corrected chi connectivity index (χ3v) is 6.78. The summed E-state index contributed by atoms with van der Waals surface area (Å²) in [6, 6.07) is 11.9. The maximum absolute atomic E-state index is 12.6. The molecule has 0 spiro atoms. The normalized spacial score (nSPS) is 11.6. The van der Waals surface area contributed by atoms with Crippen LogP contribution in [0.15, 0.2) is 64.7 Å². The van der Waals surface area contributed by atoms with E-state index in [4.69, 9.17) is 11.6 Å². The smallest absolute Gasteiger partial charge is 0.251 e. The molecule has 7 nitrogen and oxygen atoms in total. The van der Waals surface area contributed by atoms with E-state index in [-0.39, 0.29) is 17.6 Å². The fraction of sp³-hybridized carbons (Fsp3) is 0.217. The Morgan fingerprint density at radius 3 is 2.64 bits per heavy atom. The van der Waals surface area contributed by atoms with E-state index in [2.05, 4.69) is 43.3 Å². The highest BCUT2D eigenvalue weighted by molar-refractivity contribution is 9.10. The van der Waals surface area contributed by atoms with Crippen molar-refractivity contribution in [3.63, 3.8) is 0 Å². The number of thioether (sulfide) groups is 1. The maximum atomic E-state index is 12.6. The average Bonchev–Trinajstić information content (AvgIpc) is 3.18. The lowest BCUT2D eigenvalue weighted by Gasteiger charge is -2.15. The molecule has 0 aliphatic carbocycles. The van der Waals surface area contributed by atoms with Gasteiger partial charge < -0.3 is 15.2 Å². The summed E-state index contributed by atoms with van der Waals surface area (Å²) in [4.78, 5) is 25.0. The van der Waals surface area contributed by atoms with Crippen LogP contribution in [0.4, 0.5) is 5.69 Å². The molecule has 1 aromatic heterocycles. The molecular formula is C23H23BrClN5O2S. The molecule has 2 amide bonds. The zero-order valence-electron chi connectivity index (χ0n) is 18.1. The van der Waals surface area contributed by atoms with Crippen molar-refractivity contribution in [3.8, 4) is 0 Å². The molecule has 0 fully saturated rings. The third kappa shape index (κ3) is 6.69. The molecule has 0 bridgehead atoms. The van der Waals surface area contributed by atoms with Gasteiger partial charge in [-0.1, -0.05) is 45.4 Å². The number of rotatable bonds is 9. The van der Waals surface area contributed by atoms with Crippen molar-refractivity contribution < 1.29 is 9.59 Å². The Morgan fingerprint density at radius 2 is 1.97 bits per heavy atom. The summed E-state index contributed by atoms with van der Waals surface area (Å²) in [7, 11) is 0. The number of amides is 2. The molecule has 0 aliphatic heterocycles. The lowest BCUT2D eigenvalue weighted by atomic mass is 10.2. The maximum Gasteiger partial charge on any atom is 0.251 e. The van der Waals surface area contributed by atoms with Gasteiger partial charge in [0.25, 0.3) is 5.91 Å². The van der Waals surface area contributed by atoms with Gasteiger partial charge >= 0.3 is 0 Å². The number of carbonyl (C=O) groups excluding carboxylic acids is 2. The second-order valence-corrected chi connectivity index (χ2v) is 9.48. The number of allylic oxidation sites excluding steroid dienone is 1. The van der Waals surface area contributed by atoms with E-state index in [1.165, 1.54) is 11.8 Å². The molecule has 1 atom stereocenters. The van der Waals surface area contributed by atoms with Crippen molar-refractivity contribution in [2.75, 3.05) is 11.1 Å². The molecule has 1 heterocycles. The molecule has 0 unspecified atom stereocenters. The van der Waals surface area contributed by atoms with Crippen molar-refractivity contribution >= 4 is 56.8 Å². The quantitative estimate of drug-likeness (QED) is 0.276. The van der Waals surface area contributed by atoms with Gasteiger partial charge in [0.1, 0.15) is 0 Å². The van der Waals surface area contributed by atoms with Crippen molar-refractivity contribution in [2.24, 2.45) is 0 Å². The van der Waals surface area contributed by atoms with Gasteiger partial charge in [-0.2, -0.15) is 0 Å². The number of halogens is 2.